The van der Waals surface area contributed by atoms with Crippen LogP contribution in [-0.4, -0.2) is 32.6 Å². The maximum atomic E-state index is 7.60. The number of likely N-dealkylation sites (N-methyl/N-ethyl adjacent to an activating group) is 1. The zero-order valence-corrected chi connectivity index (χ0v) is 10.9. The normalized spacial score (nSPS) is 12.2. The number of hydrogen-bond acceptors (Lipinski definition) is 3. The Balaban J connectivity index is 3.10. The van der Waals surface area contributed by atoms with E-state index in [1.54, 1.807) is 7.11 Å². The van der Waals surface area contributed by atoms with E-state index in [0.29, 0.717) is 6.61 Å². The first-order valence-corrected chi connectivity index (χ1v) is 5.64. The number of nitrogen functional groups attached to an aromatic ring is 1. The van der Waals surface area contributed by atoms with Crippen LogP contribution in [0.15, 0.2) is 18.2 Å². The van der Waals surface area contributed by atoms with Crippen LogP contribution in [0.1, 0.15) is 18.1 Å². The van der Waals surface area contributed by atoms with E-state index in [2.05, 4.69) is 11.8 Å². The molecule has 1 aromatic carbocycles. The number of nitrogens with zero attached hydrogens (tertiary/aromatic N) is 1. The number of hydrogen-bond donors (Lipinski definition) is 2. The van der Waals surface area contributed by atoms with E-state index >= 15 is 0 Å². The summed E-state index contributed by atoms with van der Waals surface area (Å²) < 4.78 is 5.15. The quantitative estimate of drug-likeness (QED) is 0.603. The molecule has 0 radical (unpaired) electrons. The first kappa shape index (κ1) is 13.5. The van der Waals surface area contributed by atoms with Crippen LogP contribution in [-0.2, 0) is 4.74 Å². The second-order valence-corrected chi connectivity index (χ2v) is 4.35. The smallest absolute Gasteiger partial charge is 0.124 e. The molecule has 0 aliphatic rings. The molecule has 4 heteroatoms. The summed E-state index contributed by atoms with van der Waals surface area (Å²) >= 11 is 0. The van der Waals surface area contributed by atoms with Crippen molar-refractivity contribution >= 4 is 11.5 Å². The van der Waals surface area contributed by atoms with Crippen LogP contribution in [0, 0.1) is 12.3 Å². The molecule has 0 spiro atoms. The number of anilines is 1. The number of amidine groups is 1. The second kappa shape index (κ2) is 5.68. The highest BCUT2D eigenvalue weighted by Crippen LogP contribution is 2.22. The van der Waals surface area contributed by atoms with Gasteiger partial charge in [-0.1, -0.05) is 6.07 Å². The molecule has 1 aromatic rings. The van der Waals surface area contributed by atoms with Crippen molar-refractivity contribution in [2.75, 3.05) is 25.7 Å². The van der Waals surface area contributed by atoms with Gasteiger partial charge in [0.1, 0.15) is 5.84 Å². The number of rotatable bonds is 5. The van der Waals surface area contributed by atoms with Gasteiger partial charge in [-0.15, -0.1) is 0 Å². The molecule has 0 aliphatic carbocycles. The Labute approximate surface area is 103 Å². The third-order valence-corrected chi connectivity index (χ3v) is 2.89. The van der Waals surface area contributed by atoms with Crippen molar-refractivity contribution in [1.82, 2.24) is 0 Å². The molecule has 0 aromatic heterocycles. The molecular formula is C13H21N3O. The largest absolute Gasteiger partial charge is 0.384 e. The summed E-state index contributed by atoms with van der Waals surface area (Å²) in [6.07, 6.45) is 0. The average molecular weight is 235 g/mol. The summed E-state index contributed by atoms with van der Waals surface area (Å²) in [6.45, 7) is 4.75. The van der Waals surface area contributed by atoms with Gasteiger partial charge in [0.05, 0.1) is 6.61 Å². The van der Waals surface area contributed by atoms with E-state index in [1.165, 1.54) is 0 Å². The Morgan fingerprint density at radius 3 is 2.71 bits per heavy atom. The van der Waals surface area contributed by atoms with Crippen LogP contribution < -0.4 is 10.6 Å². The highest BCUT2D eigenvalue weighted by Gasteiger charge is 2.15. The van der Waals surface area contributed by atoms with E-state index in [0.717, 1.165) is 16.8 Å². The van der Waals surface area contributed by atoms with Gasteiger partial charge in [-0.2, -0.15) is 0 Å². The molecule has 1 atom stereocenters. The van der Waals surface area contributed by atoms with Crippen molar-refractivity contribution in [3.05, 3.63) is 29.3 Å². The number of ether oxygens (including phenoxy) is 1. The van der Waals surface area contributed by atoms with E-state index in [-0.39, 0.29) is 11.9 Å². The van der Waals surface area contributed by atoms with Gasteiger partial charge in [0.15, 0.2) is 0 Å². The number of nitrogens with two attached hydrogens (primary N) is 1. The Bertz CT molecular complexity index is 404. The van der Waals surface area contributed by atoms with E-state index in [1.807, 2.05) is 32.2 Å². The molecule has 0 fully saturated rings. The number of aryl methyl sites for hydroxylation is 1. The van der Waals surface area contributed by atoms with Crippen LogP contribution in [0.3, 0.4) is 0 Å². The molecule has 3 N–H and O–H groups in total. The number of benzene rings is 1. The molecule has 1 rings (SSSR count). The number of methoxy groups -OCH3 is 1. The molecule has 0 heterocycles. The van der Waals surface area contributed by atoms with Gasteiger partial charge in [-0.25, -0.2) is 0 Å². The molecule has 17 heavy (non-hydrogen) atoms. The van der Waals surface area contributed by atoms with E-state index < -0.39 is 0 Å². The van der Waals surface area contributed by atoms with Crippen LogP contribution in [0.25, 0.3) is 0 Å². The van der Waals surface area contributed by atoms with Crippen LogP contribution in [0.4, 0.5) is 5.69 Å². The minimum atomic E-state index is 0.0940. The standard InChI is InChI=1S/C13H21N3O/c1-9-5-6-11(13(14)15)12(7-9)16(3)10(2)8-17-4/h5-7,10H,8H2,1-4H3,(H3,14,15). The SMILES string of the molecule is COCC(C)N(C)c1cc(C)ccc1C(=N)N. The minimum absolute atomic E-state index is 0.0940. The van der Waals surface area contributed by atoms with Gasteiger partial charge in [0, 0.05) is 31.5 Å². The third kappa shape index (κ3) is 3.20. The van der Waals surface area contributed by atoms with Crippen molar-refractivity contribution in [3.63, 3.8) is 0 Å². The Kier molecular flexibility index (Phi) is 4.52. The molecule has 0 saturated heterocycles. The van der Waals surface area contributed by atoms with Gasteiger partial charge >= 0.3 is 0 Å². The molecule has 94 valence electrons. The molecule has 0 aliphatic heterocycles. The fourth-order valence-corrected chi connectivity index (χ4v) is 1.75. The van der Waals surface area contributed by atoms with Crippen LogP contribution in [0.5, 0.6) is 0 Å². The molecule has 0 amide bonds. The second-order valence-electron chi connectivity index (χ2n) is 4.35. The van der Waals surface area contributed by atoms with Crippen molar-refractivity contribution < 1.29 is 4.74 Å². The predicted molar refractivity (Wildman–Crippen MR) is 71.9 cm³/mol. The molecule has 4 nitrogen and oxygen atoms in total. The molecule has 0 bridgehead atoms. The van der Waals surface area contributed by atoms with Gasteiger partial charge in [-0.3, -0.25) is 5.41 Å². The summed E-state index contributed by atoms with van der Waals surface area (Å²) in [7, 11) is 3.68. The molecule has 0 saturated carbocycles. The zero-order valence-electron chi connectivity index (χ0n) is 10.9. The maximum Gasteiger partial charge on any atom is 0.124 e. The van der Waals surface area contributed by atoms with Crippen molar-refractivity contribution in [2.45, 2.75) is 19.9 Å². The number of nitrogens with one attached hydrogen (secondary N) is 1. The van der Waals surface area contributed by atoms with Gasteiger partial charge in [-0.05, 0) is 31.5 Å². The Morgan fingerprint density at radius 1 is 1.53 bits per heavy atom. The summed E-state index contributed by atoms with van der Waals surface area (Å²) in [5.74, 6) is 0.0940. The van der Waals surface area contributed by atoms with Crippen LogP contribution in [0.2, 0.25) is 0 Å². The lowest BCUT2D eigenvalue weighted by molar-refractivity contribution is 0.183. The van der Waals surface area contributed by atoms with Gasteiger partial charge in [0.25, 0.3) is 0 Å². The first-order chi connectivity index (χ1) is 7.97. The fraction of sp³-hybridized carbons (Fsp3) is 0.462. The van der Waals surface area contributed by atoms with Crippen molar-refractivity contribution in [1.29, 1.82) is 5.41 Å². The average Bonchev–Trinajstić information content (AvgIpc) is 2.27. The monoisotopic (exact) mass is 235 g/mol. The first-order valence-electron chi connectivity index (χ1n) is 5.64. The third-order valence-electron chi connectivity index (χ3n) is 2.89. The Hall–Kier alpha value is -1.55. The highest BCUT2D eigenvalue weighted by molar-refractivity contribution is 6.00. The molecular weight excluding hydrogens is 214 g/mol. The van der Waals surface area contributed by atoms with Crippen molar-refractivity contribution in [2.24, 2.45) is 5.73 Å². The lowest BCUT2D eigenvalue weighted by Crippen LogP contribution is -2.34. The fourth-order valence-electron chi connectivity index (χ4n) is 1.75. The van der Waals surface area contributed by atoms with Gasteiger partial charge in [0.2, 0.25) is 0 Å². The predicted octanol–water partition coefficient (Wildman–Crippen LogP) is 1.75. The maximum absolute atomic E-state index is 7.60. The summed E-state index contributed by atoms with van der Waals surface area (Å²) in [6, 6.07) is 6.14. The Morgan fingerprint density at radius 2 is 2.18 bits per heavy atom. The highest BCUT2D eigenvalue weighted by atomic mass is 16.5. The molecule has 1 unspecified atom stereocenters. The van der Waals surface area contributed by atoms with Gasteiger partial charge < -0.3 is 15.4 Å². The summed E-state index contributed by atoms with van der Waals surface area (Å²) in [4.78, 5) is 2.09. The summed E-state index contributed by atoms with van der Waals surface area (Å²) in [5, 5.41) is 7.60. The minimum Gasteiger partial charge on any atom is -0.384 e. The lowest BCUT2D eigenvalue weighted by atomic mass is 10.1. The zero-order chi connectivity index (χ0) is 13.0. The topological polar surface area (TPSA) is 62.3 Å². The van der Waals surface area contributed by atoms with E-state index in [4.69, 9.17) is 15.9 Å². The van der Waals surface area contributed by atoms with Crippen molar-refractivity contribution in [3.8, 4) is 0 Å². The van der Waals surface area contributed by atoms with Crippen LogP contribution >= 0.6 is 0 Å². The summed E-state index contributed by atoms with van der Waals surface area (Å²) in [5.41, 5.74) is 8.50. The lowest BCUT2D eigenvalue weighted by Gasteiger charge is -2.28. The van der Waals surface area contributed by atoms with E-state index in [9.17, 15) is 0 Å².